The quantitative estimate of drug-likeness (QED) is 0.829. The van der Waals surface area contributed by atoms with Crippen molar-refractivity contribution in [3.63, 3.8) is 0 Å². The molecule has 0 fully saturated rings. The molecule has 0 saturated heterocycles. The summed E-state index contributed by atoms with van der Waals surface area (Å²) in [5.41, 5.74) is 6.96. The first kappa shape index (κ1) is 15.0. The SMILES string of the molecule is Cc1cc(CNC(=O)CSC(C)CN)ccc1F. The Morgan fingerprint density at radius 3 is 2.89 bits per heavy atom. The molecule has 0 aliphatic carbocycles. The fourth-order valence-electron chi connectivity index (χ4n) is 1.35. The van der Waals surface area contributed by atoms with Gasteiger partial charge in [-0.05, 0) is 24.1 Å². The first-order chi connectivity index (χ1) is 8.52. The smallest absolute Gasteiger partial charge is 0.230 e. The Kier molecular flexibility index (Phi) is 6.15. The molecule has 0 aliphatic heterocycles. The number of hydrogen-bond acceptors (Lipinski definition) is 3. The van der Waals surface area contributed by atoms with E-state index in [2.05, 4.69) is 5.32 Å². The van der Waals surface area contributed by atoms with Crippen molar-refractivity contribution in [3.05, 3.63) is 35.1 Å². The van der Waals surface area contributed by atoms with Crippen molar-refractivity contribution in [1.82, 2.24) is 5.32 Å². The molecule has 3 nitrogen and oxygen atoms in total. The third-order valence-corrected chi connectivity index (χ3v) is 3.73. The number of carbonyl (C=O) groups is 1. The highest BCUT2D eigenvalue weighted by atomic mass is 32.2. The predicted molar refractivity (Wildman–Crippen MR) is 74.0 cm³/mol. The number of benzene rings is 1. The number of halogens is 1. The maximum atomic E-state index is 13.0. The zero-order valence-electron chi connectivity index (χ0n) is 10.7. The highest BCUT2D eigenvalue weighted by molar-refractivity contribution is 8.00. The average molecular weight is 270 g/mol. The molecule has 0 aromatic heterocycles. The van der Waals surface area contributed by atoms with Gasteiger partial charge in [0.05, 0.1) is 5.75 Å². The van der Waals surface area contributed by atoms with E-state index in [1.807, 2.05) is 6.92 Å². The van der Waals surface area contributed by atoms with Crippen LogP contribution in [0.15, 0.2) is 18.2 Å². The Morgan fingerprint density at radius 1 is 1.56 bits per heavy atom. The minimum atomic E-state index is -0.225. The van der Waals surface area contributed by atoms with Crippen molar-refractivity contribution in [3.8, 4) is 0 Å². The van der Waals surface area contributed by atoms with Crippen LogP contribution in [0.5, 0.6) is 0 Å². The molecule has 0 radical (unpaired) electrons. The molecule has 0 bridgehead atoms. The number of rotatable bonds is 6. The van der Waals surface area contributed by atoms with Gasteiger partial charge >= 0.3 is 0 Å². The van der Waals surface area contributed by atoms with Crippen LogP contribution < -0.4 is 11.1 Å². The number of thioether (sulfide) groups is 1. The van der Waals surface area contributed by atoms with Gasteiger partial charge in [-0.3, -0.25) is 4.79 Å². The standard InChI is InChI=1S/C13H19FN2OS/c1-9-5-11(3-4-12(9)14)7-16-13(17)8-18-10(2)6-15/h3-5,10H,6-8,15H2,1-2H3,(H,16,17). The lowest BCUT2D eigenvalue weighted by atomic mass is 10.1. The summed E-state index contributed by atoms with van der Waals surface area (Å²) in [7, 11) is 0. The van der Waals surface area contributed by atoms with Gasteiger partial charge in [-0.1, -0.05) is 19.1 Å². The number of aryl methyl sites for hydroxylation is 1. The van der Waals surface area contributed by atoms with Crippen LogP contribution in [-0.2, 0) is 11.3 Å². The highest BCUT2D eigenvalue weighted by Gasteiger charge is 2.06. The van der Waals surface area contributed by atoms with Gasteiger partial charge in [0.15, 0.2) is 0 Å². The van der Waals surface area contributed by atoms with Gasteiger partial charge in [0, 0.05) is 18.3 Å². The molecule has 1 rings (SSSR count). The first-order valence-corrected chi connectivity index (χ1v) is 6.91. The molecule has 18 heavy (non-hydrogen) atoms. The third kappa shape index (κ3) is 5.06. The van der Waals surface area contributed by atoms with E-state index in [1.165, 1.54) is 17.8 Å². The van der Waals surface area contributed by atoms with Gasteiger partial charge in [-0.2, -0.15) is 0 Å². The molecule has 100 valence electrons. The lowest BCUT2D eigenvalue weighted by Crippen LogP contribution is -2.26. The largest absolute Gasteiger partial charge is 0.351 e. The van der Waals surface area contributed by atoms with E-state index in [-0.39, 0.29) is 17.0 Å². The van der Waals surface area contributed by atoms with Crippen LogP contribution in [0, 0.1) is 12.7 Å². The van der Waals surface area contributed by atoms with Gasteiger partial charge in [-0.25, -0.2) is 4.39 Å². The van der Waals surface area contributed by atoms with E-state index >= 15 is 0 Å². The van der Waals surface area contributed by atoms with Crippen LogP contribution >= 0.6 is 11.8 Å². The molecule has 1 unspecified atom stereocenters. The zero-order valence-corrected chi connectivity index (χ0v) is 11.5. The molecule has 5 heteroatoms. The van der Waals surface area contributed by atoms with Crippen LogP contribution in [0.1, 0.15) is 18.1 Å². The topological polar surface area (TPSA) is 55.1 Å². The maximum absolute atomic E-state index is 13.0. The number of hydrogen-bond donors (Lipinski definition) is 2. The minimum Gasteiger partial charge on any atom is -0.351 e. The van der Waals surface area contributed by atoms with Crippen molar-refractivity contribution < 1.29 is 9.18 Å². The van der Waals surface area contributed by atoms with E-state index in [9.17, 15) is 9.18 Å². The summed E-state index contributed by atoms with van der Waals surface area (Å²) in [4.78, 5) is 11.5. The Hall–Kier alpha value is -1.07. The molecule has 0 spiro atoms. The summed E-state index contributed by atoms with van der Waals surface area (Å²) in [6, 6.07) is 4.84. The van der Waals surface area contributed by atoms with Crippen molar-refractivity contribution in [2.75, 3.05) is 12.3 Å². The van der Waals surface area contributed by atoms with Crippen LogP contribution in [0.3, 0.4) is 0 Å². The fraction of sp³-hybridized carbons (Fsp3) is 0.462. The van der Waals surface area contributed by atoms with Crippen LogP contribution in [0.4, 0.5) is 4.39 Å². The summed E-state index contributed by atoms with van der Waals surface area (Å²) < 4.78 is 13.0. The summed E-state index contributed by atoms with van der Waals surface area (Å²) in [6.45, 7) is 4.69. The Morgan fingerprint density at radius 2 is 2.28 bits per heavy atom. The number of nitrogens with two attached hydrogens (primary N) is 1. The summed E-state index contributed by atoms with van der Waals surface area (Å²) in [6.07, 6.45) is 0. The first-order valence-electron chi connectivity index (χ1n) is 5.86. The molecule has 1 atom stereocenters. The van der Waals surface area contributed by atoms with Gasteiger partial charge in [0.2, 0.25) is 5.91 Å². The highest BCUT2D eigenvalue weighted by Crippen LogP contribution is 2.10. The predicted octanol–water partition coefficient (Wildman–Crippen LogP) is 1.83. The fourth-order valence-corrected chi connectivity index (χ4v) is 2.03. The van der Waals surface area contributed by atoms with Crippen molar-refractivity contribution in [2.24, 2.45) is 5.73 Å². The second-order valence-electron chi connectivity index (χ2n) is 4.22. The summed E-state index contributed by atoms with van der Waals surface area (Å²) in [5, 5.41) is 3.08. The summed E-state index contributed by atoms with van der Waals surface area (Å²) in [5.74, 6) is 0.151. The van der Waals surface area contributed by atoms with Gasteiger partial charge in [-0.15, -0.1) is 11.8 Å². The van der Waals surface area contributed by atoms with E-state index in [1.54, 1.807) is 19.1 Å². The van der Waals surface area contributed by atoms with Gasteiger partial charge in [0.25, 0.3) is 0 Å². The molecule has 1 aromatic rings. The zero-order chi connectivity index (χ0) is 13.5. The number of carbonyl (C=O) groups excluding carboxylic acids is 1. The number of amides is 1. The lowest BCUT2D eigenvalue weighted by molar-refractivity contribution is -0.118. The van der Waals surface area contributed by atoms with E-state index in [4.69, 9.17) is 5.73 Å². The van der Waals surface area contributed by atoms with Crippen LogP contribution in [-0.4, -0.2) is 23.5 Å². The third-order valence-electron chi connectivity index (χ3n) is 2.54. The van der Waals surface area contributed by atoms with E-state index in [0.29, 0.717) is 24.4 Å². The monoisotopic (exact) mass is 270 g/mol. The molecule has 3 N–H and O–H groups in total. The van der Waals surface area contributed by atoms with Gasteiger partial charge in [0.1, 0.15) is 5.82 Å². The van der Waals surface area contributed by atoms with Crippen molar-refractivity contribution in [1.29, 1.82) is 0 Å². The van der Waals surface area contributed by atoms with Gasteiger partial charge < -0.3 is 11.1 Å². The molecule has 0 aliphatic rings. The van der Waals surface area contributed by atoms with E-state index in [0.717, 1.165) is 5.56 Å². The normalized spacial score (nSPS) is 12.2. The Balaban J connectivity index is 2.36. The Bertz CT molecular complexity index is 412. The van der Waals surface area contributed by atoms with Crippen molar-refractivity contribution in [2.45, 2.75) is 25.6 Å². The second-order valence-corrected chi connectivity index (χ2v) is 5.64. The van der Waals surface area contributed by atoms with Crippen molar-refractivity contribution >= 4 is 17.7 Å². The lowest BCUT2D eigenvalue weighted by Gasteiger charge is -2.09. The molecular formula is C13H19FN2OS. The molecule has 1 amide bonds. The molecule has 0 heterocycles. The van der Waals surface area contributed by atoms with E-state index < -0.39 is 0 Å². The maximum Gasteiger partial charge on any atom is 0.230 e. The molecule has 1 aromatic carbocycles. The van der Waals surface area contributed by atoms with Crippen LogP contribution in [0.25, 0.3) is 0 Å². The minimum absolute atomic E-state index is 0.0257. The molecular weight excluding hydrogens is 251 g/mol. The number of nitrogens with one attached hydrogen (secondary N) is 1. The summed E-state index contributed by atoms with van der Waals surface area (Å²) >= 11 is 1.53. The average Bonchev–Trinajstić information content (AvgIpc) is 2.37. The Labute approximate surface area is 111 Å². The molecule has 0 saturated carbocycles. The second kappa shape index (κ2) is 7.38. The van der Waals surface area contributed by atoms with Crippen LogP contribution in [0.2, 0.25) is 0 Å².